The second-order valence-electron chi connectivity index (χ2n) is 8.47. The summed E-state index contributed by atoms with van der Waals surface area (Å²) in [5, 5.41) is 0.798. The standard InChI is InChI=1S/C25H27N3O4S2/c1-18(2)23-9-7-22(33(29,30)21-8-10-24-19(16-21)12-15-28(24)3)17-25(23)34(31,32)27-14-11-20-6-4-5-13-26-20/h4-10,12-13,15-18,27H,11,14H2,1-3H3. The van der Waals surface area contributed by atoms with Crippen LogP contribution in [0.25, 0.3) is 10.9 Å². The molecule has 0 saturated carbocycles. The molecule has 1 N–H and O–H groups in total. The van der Waals surface area contributed by atoms with Crippen molar-refractivity contribution in [1.82, 2.24) is 14.3 Å². The lowest BCUT2D eigenvalue weighted by atomic mass is 10.0. The van der Waals surface area contributed by atoms with E-state index in [1.807, 2.05) is 49.9 Å². The van der Waals surface area contributed by atoms with E-state index in [2.05, 4.69) is 9.71 Å². The molecule has 178 valence electrons. The minimum absolute atomic E-state index is 0.0228. The third kappa shape index (κ3) is 4.77. The van der Waals surface area contributed by atoms with Gasteiger partial charge >= 0.3 is 0 Å². The average molecular weight is 498 g/mol. The van der Waals surface area contributed by atoms with Crippen LogP contribution in [0.1, 0.15) is 31.0 Å². The van der Waals surface area contributed by atoms with E-state index in [9.17, 15) is 16.8 Å². The topological polar surface area (TPSA) is 98.1 Å². The van der Waals surface area contributed by atoms with Gasteiger partial charge in [0.25, 0.3) is 0 Å². The number of aryl methyl sites for hydroxylation is 1. The number of sulfonamides is 1. The highest BCUT2D eigenvalue weighted by Gasteiger charge is 2.25. The molecule has 0 saturated heterocycles. The molecule has 7 nitrogen and oxygen atoms in total. The molecule has 0 spiro atoms. The van der Waals surface area contributed by atoms with E-state index >= 15 is 0 Å². The first kappa shape index (κ1) is 24.1. The van der Waals surface area contributed by atoms with Crippen molar-refractivity contribution in [2.75, 3.05) is 6.54 Å². The molecule has 2 aromatic heterocycles. The first-order chi connectivity index (χ1) is 16.1. The van der Waals surface area contributed by atoms with E-state index in [1.54, 1.807) is 36.5 Å². The van der Waals surface area contributed by atoms with Crippen LogP contribution < -0.4 is 4.72 Å². The predicted molar refractivity (Wildman–Crippen MR) is 132 cm³/mol. The highest BCUT2D eigenvalue weighted by atomic mass is 32.2. The van der Waals surface area contributed by atoms with Crippen molar-refractivity contribution in [3.8, 4) is 0 Å². The quantitative estimate of drug-likeness (QED) is 0.396. The number of nitrogens with zero attached hydrogens (tertiary/aromatic N) is 2. The Labute approximate surface area is 200 Å². The molecule has 4 aromatic rings. The van der Waals surface area contributed by atoms with Crippen LogP contribution in [0.15, 0.2) is 87.7 Å². The van der Waals surface area contributed by atoms with Gasteiger partial charge in [-0.05, 0) is 60.0 Å². The molecule has 4 rings (SSSR count). The van der Waals surface area contributed by atoms with E-state index in [0.717, 1.165) is 16.6 Å². The van der Waals surface area contributed by atoms with Gasteiger partial charge in [-0.1, -0.05) is 26.0 Å². The average Bonchev–Trinajstić information content (AvgIpc) is 3.19. The van der Waals surface area contributed by atoms with E-state index in [0.29, 0.717) is 12.0 Å². The Morgan fingerprint density at radius 2 is 1.68 bits per heavy atom. The van der Waals surface area contributed by atoms with Gasteiger partial charge in [0.15, 0.2) is 0 Å². The first-order valence-electron chi connectivity index (χ1n) is 10.9. The molecule has 0 radical (unpaired) electrons. The van der Waals surface area contributed by atoms with E-state index < -0.39 is 19.9 Å². The van der Waals surface area contributed by atoms with Crippen molar-refractivity contribution in [1.29, 1.82) is 0 Å². The van der Waals surface area contributed by atoms with E-state index in [-0.39, 0.29) is 27.1 Å². The lowest BCUT2D eigenvalue weighted by Gasteiger charge is -2.16. The Morgan fingerprint density at radius 3 is 2.38 bits per heavy atom. The van der Waals surface area contributed by atoms with Crippen molar-refractivity contribution in [3.05, 3.63) is 84.3 Å². The molecule has 0 aliphatic rings. The van der Waals surface area contributed by atoms with Gasteiger partial charge in [0.1, 0.15) is 0 Å². The van der Waals surface area contributed by atoms with Crippen molar-refractivity contribution < 1.29 is 16.8 Å². The van der Waals surface area contributed by atoms with Crippen LogP contribution in [0.4, 0.5) is 0 Å². The largest absolute Gasteiger partial charge is 0.351 e. The Hall–Kier alpha value is -3.01. The minimum atomic E-state index is -3.95. The monoisotopic (exact) mass is 497 g/mol. The number of benzene rings is 2. The second-order valence-corrected chi connectivity index (χ2v) is 12.2. The summed E-state index contributed by atoms with van der Waals surface area (Å²) in [6.07, 6.45) is 3.94. The number of sulfone groups is 1. The smallest absolute Gasteiger partial charge is 0.240 e. The molecule has 2 heterocycles. The van der Waals surface area contributed by atoms with Crippen LogP contribution >= 0.6 is 0 Å². The van der Waals surface area contributed by atoms with Crippen molar-refractivity contribution in [2.24, 2.45) is 7.05 Å². The SMILES string of the molecule is CC(C)c1ccc(S(=O)(=O)c2ccc3c(ccn3C)c2)cc1S(=O)(=O)NCCc1ccccn1. The molecule has 0 aliphatic heterocycles. The Morgan fingerprint density at radius 1 is 0.941 bits per heavy atom. The highest BCUT2D eigenvalue weighted by Crippen LogP contribution is 2.30. The number of fused-ring (bicyclic) bond motifs is 1. The maximum absolute atomic E-state index is 13.4. The molecule has 2 aromatic carbocycles. The molecule has 0 bridgehead atoms. The third-order valence-corrected chi connectivity index (χ3v) is 9.04. The van der Waals surface area contributed by atoms with Crippen LogP contribution in [0, 0.1) is 0 Å². The van der Waals surface area contributed by atoms with Crippen LogP contribution in [-0.2, 0) is 33.3 Å². The van der Waals surface area contributed by atoms with Crippen LogP contribution in [0.2, 0.25) is 0 Å². The van der Waals surface area contributed by atoms with Gasteiger partial charge in [0.05, 0.1) is 14.7 Å². The summed E-state index contributed by atoms with van der Waals surface area (Å²) < 4.78 is 57.8. The van der Waals surface area contributed by atoms with Crippen molar-refractivity contribution >= 4 is 30.8 Å². The van der Waals surface area contributed by atoms with Crippen LogP contribution in [0.5, 0.6) is 0 Å². The van der Waals surface area contributed by atoms with Gasteiger partial charge in [-0.15, -0.1) is 0 Å². The molecule has 34 heavy (non-hydrogen) atoms. The lowest BCUT2D eigenvalue weighted by molar-refractivity contribution is 0.578. The third-order valence-electron chi connectivity index (χ3n) is 5.77. The summed E-state index contributed by atoms with van der Waals surface area (Å²) >= 11 is 0. The maximum Gasteiger partial charge on any atom is 0.240 e. The van der Waals surface area contributed by atoms with Gasteiger partial charge in [0, 0.05) is 49.0 Å². The fraction of sp³-hybridized carbons (Fsp3) is 0.240. The Kier molecular flexibility index (Phi) is 6.62. The fourth-order valence-corrected chi connectivity index (χ4v) is 6.71. The summed E-state index contributed by atoms with van der Waals surface area (Å²) in [6, 6.07) is 16.6. The van der Waals surface area contributed by atoms with Gasteiger partial charge < -0.3 is 4.57 Å². The second kappa shape index (κ2) is 9.32. The predicted octanol–water partition coefficient (Wildman–Crippen LogP) is 4.05. The highest BCUT2D eigenvalue weighted by molar-refractivity contribution is 7.91. The number of hydrogen-bond donors (Lipinski definition) is 1. The summed E-state index contributed by atoms with van der Waals surface area (Å²) in [7, 11) is -5.98. The molecular weight excluding hydrogens is 470 g/mol. The fourth-order valence-electron chi connectivity index (χ4n) is 3.89. The van der Waals surface area contributed by atoms with E-state index in [4.69, 9.17) is 0 Å². The minimum Gasteiger partial charge on any atom is -0.351 e. The summed E-state index contributed by atoms with van der Waals surface area (Å²) in [5.74, 6) is -0.111. The number of pyridine rings is 1. The zero-order valence-corrected chi connectivity index (χ0v) is 20.9. The molecule has 0 atom stereocenters. The van der Waals surface area contributed by atoms with Gasteiger partial charge in [0.2, 0.25) is 19.9 Å². The summed E-state index contributed by atoms with van der Waals surface area (Å²) in [5.41, 5.74) is 2.24. The molecule has 0 amide bonds. The van der Waals surface area contributed by atoms with Gasteiger partial charge in [-0.2, -0.15) is 0 Å². The molecule has 0 fully saturated rings. The molecule has 0 aliphatic carbocycles. The molecule has 0 unspecified atom stereocenters. The van der Waals surface area contributed by atoms with Gasteiger partial charge in [-0.3, -0.25) is 4.98 Å². The number of rotatable bonds is 8. The van der Waals surface area contributed by atoms with Crippen molar-refractivity contribution in [3.63, 3.8) is 0 Å². The maximum atomic E-state index is 13.4. The zero-order valence-electron chi connectivity index (χ0n) is 19.3. The van der Waals surface area contributed by atoms with Gasteiger partial charge in [-0.25, -0.2) is 21.6 Å². The van der Waals surface area contributed by atoms with E-state index in [1.165, 1.54) is 12.1 Å². The lowest BCUT2D eigenvalue weighted by Crippen LogP contribution is -2.27. The Balaban J connectivity index is 1.69. The first-order valence-corrected chi connectivity index (χ1v) is 13.9. The van der Waals surface area contributed by atoms with Crippen molar-refractivity contribution in [2.45, 2.75) is 40.9 Å². The number of nitrogens with one attached hydrogen (secondary N) is 1. The van der Waals surface area contributed by atoms with Crippen LogP contribution in [-0.4, -0.2) is 32.9 Å². The molecular formula is C25H27N3O4S2. The summed E-state index contributed by atoms with van der Waals surface area (Å²) in [4.78, 5) is 4.24. The summed E-state index contributed by atoms with van der Waals surface area (Å²) in [6.45, 7) is 3.90. The van der Waals surface area contributed by atoms with Crippen LogP contribution in [0.3, 0.4) is 0 Å². The molecule has 9 heteroatoms. The number of aromatic nitrogens is 2. The Bertz CT molecular complexity index is 1540. The zero-order chi connectivity index (χ0) is 24.5. The number of hydrogen-bond acceptors (Lipinski definition) is 5. The normalized spacial score (nSPS) is 12.5.